The van der Waals surface area contributed by atoms with Crippen LogP contribution < -0.4 is 9.64 Å². The van der Waals surface area contributed by atoms with Gasteiger partial charge in [0.05, 0.1) is 12.2 Å². The van der Waals surface area contributed by atoms with Crippen LogP contribution in [-0.2, 0) is 22.4 Å². The standard InChI is InChI=1S/C28H30N2O3S/c1-2-33-24-14-8-7-10-18(24)20-16-26(32)30(22-12-9-13-23(31)27(20)22)28-21(17-29)19-11-5-3-4-6-15-25(19)34-28/h7-8,10,14,20H,2-6,9,11-13,15-16H2,1H3. The largest absolute Gasteiger partial charge is 0.494 e. The van der Waals surface area contributed by atoms with Crippen molar-refractivity contribution in [2.24, 2.45) is 0 Å². The average Bonchev–Trinajstić information content (AvgIpc) is 3.15. The van der Waals surface area contributed by atoms with Gasteiger partial charge < -0.3 is 4.74 Å². The summed E-state index contributed by atoms with van der Waals surface area (Å²) in [5.74, 6) is 0.512. The Labute approximate surface area is 205 Å². The van der Waals surface area contributed by atoms with E-state index in [1.54, 1.807) is 16.2 Å². The second-order valence-electron chi connectivity index (χ2n) is 9.30. The smallest absolute Gasteiger partial charge is 0.232 e. The number of carbonyl (C=O) groups is 2. The molecular formula is C28H30N2O3S. The first kappa shape index (κ1) is 22.9. The van der Waals surface area contributed by atoms with E-state index in [0.717, 1.165) is 65.3 Å². The van der Waals surface area contributed by atoms with Gasteiger partial charge in [-0.05, 0) is 57.1 Å². The highest BCUT2D eigenvalue weighted by molar-refractivity contribution is 7.16. The Bertz CT molecular complexity index is 1200. The number of hydrogen-bond acceptors (Lipinski definition) is 5. The molecule has 176 valence electrons. The molecule has 5 rings (SSSR count). The summed E-state index contributed by atoms with van der Waals surface area (Å²) >= 11 is 1.60. The molecule has 0 N–H and O–H groups in total. The Morgan fingerprint density at radius 3 is 2.65 bits per heavy atom. The van der Waals surface area contributed by atoms with Gasteiger partial charge in [0.1, 0.15) is 16.8 Å². The fourth-order valence-corrected chi connectivity index (χ4v) is 7.11. The quantitative estimate of drug-likeness (QED) is 0.529. The van der Waals surface area contributed by atoms with Gasteiger partial charge in [0.15, 0.2) is 5.78 Å². The maximum absolute atomic E-state index is 13.8. The van der Waals surface area contributed by atoms with Crippen molar-refractivity contribution in [3.63, 3.8) is 0 Å². The van der Waals surface area contributed by atoms with E-state index in [9.17, 15) is 14.9 Å². The molecule has 1 aromatic carbocycles. The zero-order valence-corrected chi connectivity index (χ0v) is 20.5. The van der Waals surface area contributed by atoms with Crippen molar-refractivity contribution >= 4 is 28.0 Å². The van der Waals surface area contributed by atoms with Crippen LogP contribution in [0.15, 0.2) is 35.5 Å². The van der Waals surface area contributed by atoms with Gasteiger partial charge in [-0.1, -0.05) is 31.0 Å². The molecule has 2 heterocycles. The normalized spacial score (nSPS) is 20.8. The summed E-state index contributed by atoms with van der Waals surface area (Å²) < 4.78 is 5.87. The Kier molecular flexibility index (Phi) is 6.56. The zero-order chi connectivity index (χ0) is 23.7. The van der Waals surface area contributed by atoms with Crippen molar-refractivity contribution in [2.75, 3.05) is 11.5 Å². The molecule has 0 fully saturated rings. The van der Waals surface area contributed by atoms with Gasteiger partial charge in [0.25, 0.3) is 0 Å². The third-order valence-electron chi connectivity index (χ3n) is 7.24. The third kappa shape index (κ3) is 3.96. The molecular weight excluding hydrogens is 444 g/mol. The summed E-state index contributed by atoms with van der Waals surface area (Å²) in [6.07, 6.45) is 8.57. The van der Waals surface area contributed by atoms with Gasteiger partial charge in [-0.3, -0.25) is 14.5 Å². The number of nitriles is 1. The number of ether oxygens (including phenoxy) is 1. The minimum Gasteiger partial charge on any atom is -0.494 e. The van der Waals surface area contributed by atoms with E-state index in [4.69, 9.17) is 4.74 Å². The number of Topliss-reactive ketones (excluding diaryl/α,β-unsaturated/α-hetero) is 1. The Morgan fingerprint density at radius 1 is 1.06 bits per heavy atom. The van der Waals surface area contributed by atoms with E-state index in [-0.39, 0.29) is 24.0 Å². The fourth-order valence-electron chi connectivity index (χ4n) is 5.73. The molecule has 0 spiro atoms. The number of hydrogen-bond donors (Lipinski definition) is 0. The number of anilines is 1. The molecule has 0 saturated heterocycles. The number of fused-ring (bicyclic) bond motifs is 1. The van der Waals surface area contributed by atoms with Crippen LogP contribution in [0, 0.1) is 11.3 Å². The summed E-state index contributed by atoms with van der Waals surface area (Å²) in [6, 6.07) is 10.2. The summed E-state index contributed by atoms with van der Waals surface area (Å²) in [5, 5.41) is 10.9. The molecule has 2 aromatic rings. The summed E-state index contributed by atoms with van der Waals surface area (Å²) in [4.78, 5) is 30.1. The number of benzene rings is 1. The number of nitrogens with zero attached hydrogens (tertiary/aromatic N) is 2. The molecule has 5 nitrogen and oxygen atoms in total. The highest BCUT2D eigenvalue weighted by atomic mass is 32.1. The Hall–Kier alpha value is -2.91. The van der Waals surface area contributed by atoms with Crippen LogP contribution in [0.1, 0.15) is 85.8 Å². The van der Waals surface area contributed by atoms with Crippen molar-refractivity contribution in [3.05, 3.63) is 57.1 Å². The molecule has 1 atom stereocenters. The molecule has 1 amide bonds. The summed E-state index contributed by atoms with van der Waals surface area (Å²) in [6.45, 7) is 2.46. The van der Waals surface area contributed by atoms with Gasteiger partial charge in [0, 0.05) is 40.5 Å². The van der Waals surface area contributed by atoms with E-state index < -0.39 is 0 Å². The van der Waals surface area contributed by atoms with Crippen LogP contribution in [0.25, 0.3) is 0 Å². The lowest BCUT2D eigenvalue weighted by atomic mass is 9.77. The summed E-state index contributed by atoms with van der Waals surface area (Å²) in [5.41, 5.74) is 4.22. The van der Waals surface area contributed by atoms with Crippen LogP contribution in [0.2, 0.25) is 0 Å². The SMILES string of the molecule is CCOc1ccccc1C1CC(=O)N(c2sc3c(c2C#N)CCCCCC3)C2=C1C(=O)CCC2. The van der Waals surface area contributed by atoms with Crippen LogP contribution in [0.5, 0.6) is 5.75 Å². The first-order chi connectivity index (χ1) is 16.6. The lowest BCUT2D eigenvalue weighted by Gasteiger charge is -2.38. The van der Waals surface area contributed by atoms with Gasteiger partial charge in [-0.15, -0.1) is 11.3 Å². The van der Waals surface area contributed by atoms with E-state index in [1.165, 1.54) is 17.7 Å². The van der Waals surface area contributed by atoms with Crippen LogP contribution in [-0.4, -0.2) is 18.3 Å². The lowest BCUT2D eigenvalue weighted by Crippen LogP contribution is -2.40. The highest BCUT2D eigenvalue weighted by Crippen LogP contribution is 2.48. The fraction of sp³-hybridized carbons (Fsp3) is 0.464. The Balaban J connectivity index is 1.65. The molecule has 34 heavy (non-hydrogen) atoms. The maximum Gasteiger partial charge on any atom is 0.232 e. The molecule has 1 unspecified atom stereocenters. The van der Waals surface area contributed by atoms with Crippen LogP contribution in [0.4, 0.5) is 5.00 Å². The van der Waals surface area contributed by atoms with Gasteiger partial charge >= 0.3 is 0 Å². The molecule has 1 aromatic heterocycles. The number of amides is 1. The number of para-hydroxylation sites is 1. The minimum absolute atomic E-state index is 0.0320. The molecule has 2 aliphatic carbocycles. The van der Waals surface area contributed by atoms with Gasteiger partial charge in [-0.25, -0.2) is 0 Å². The third-order valence-corrected chi connectivity index (χ3v) is 8.51. The van der Waals surface area contributed by atoms with E-state index in [0.29, 0.717) is 25.0 Å². The second-order valence-corrected chi connectivity index (χ2v) is 10.4. The zero-order valence-electron chi connectivity index (χ0n) is 19.7. The van der Waals surface area contributed by atoms with Gasteiger partial charge in [0.2, 0.25) is 5.91 Å². The number of carbonyl (C=O) groups excluding carboxylic acids is 2. The number of allylic oxidation sites excluding steroid dienone is 2. The molecule has 0 radical (unpaired) electrons. The van der Waals surface area contributed by atoms with Crippen molar-refractivity contribution in [1.82, 2.24) is 0 Å². The maximum atomic E-state index is 13.8. The monoisotopic (exact) mass is 474 g/mol. The predicted octanol–water partition coefficient (Wildman–Crippen LogP) is 6.21. The lowest BCUT2D eigenvalue weighted by molar-refractivity contribution is -0.119. The highest BCUT2D eigenvalue weighted by Gasteiger charge is 2.42. The van der Waals surface area contributed by atoms with Crippen molar-refractivity contribution in [2.45, 2.75) is 77.0 Å². The number of rotatable bonds is 4. The minimum atomic E-state index is -0.305. The van der Waals surface area contributed by atoms with Gasteiger partial charge in [-0.2, -0.15) is 5.26 Å². The molecule has 0 saturated carbocycles. The second kappa shape index (κ2) is 9.76. The molecule has 6 heteroatoms. The predicted molar refractivity (Wildman–Crippen MR) is 133 cm³/mol. The first-order valence-electron chi connectivity index (χ1n) is 12.5. The van der Waals surface area contributed by atoms with Crippen LogP contribution >= 0.6 is 11.3 Å². The van der Waals surface area contributed by atoms with Crippen LogP contribution in [0.3, 0.4) is 0 Å². The van der Waals surface area contributed by atoms with Crippen molar-refractivity contribution < 1.29 is 14.3 Å². The number of aryl methyl sites for hydroxylation is 1. The molecule has 0 bridgehead atoms. The average molecular weight is 475 g/mol. The van der Waals surface area contributed by atoms with Crippen molar-refractivity contribution in [3.8, 4) is 11.8 Å². The molecule has 3 aliphatic rings. The number of ketones is 1. The Morgan fingerprint density at radius 2 is 1.85 bits per heavy atom. The summed E-state index contributed by atoms with van der Waals surface area (Å²) in [7, 11) is 0. The first-order valence-corrected chi connectivity index (χ1v) is 13.3. The number of thiophene rings is 1. The topological polar surface area (TPSA) is 70.4 Å². The van der Waals surface area contributed by atoms with E-state index in [1.807, 2.05) is 31.2 Å². The van der Waals surface area contributed by atoms with E-state index >= 15 is 0 Å². The van der Waals surface area contributed by atoms with E-state index in [2.05, 4.69) is 6.07 Å². The van der Waals surface area contributed by atoms with Crippen molar-refractivity contribution in [1.29, 1.82) is 5.26 Å². The molecule has 1 aliphatic heterocycles.